The molecule has 5 N–H and O–H groups in total. The highest BCUT2D eigenvalue weighted by Crippen LogP contribution is 2.32. The molecule has 5 rings (SSSR count). The predicted octanol–water partition coefficient (Wildman–Crippen LogP) is 3.96. The lowest BCUT2D eigenvalue weighted by atomic mass is 9.91. The molecule has 1 saturated carbocycles. The predicted molar refractivity (Wildman–Crippen MR) is 119 cm³/mol. The minimum absolute atomic E-state index is 0.106. The largest absolute Gasteiger partial charge is 0.366 e. The van der Waals surface area contributed by atoms with Crippen LogP contribution in [0.1, 0.15) is 25.7 Å². The summed E-state index contributed by atoms with van der Waals surface area (Å²) in [6.45, 7) is 0. The van der Waals surface area contributed by atoms with E-state index in [1.807, 2.05) is 18.2 Å². The molecule has 7 nitrogen and oxygen atoms in total. The average molecular weight is 407 g/mol. The number of nitrogens with one attached hydrogen (secondary N) is 3. The van der Waals surface area contributed by atoms with E-state index in [1.54, 1.807) is 17.5 Å². The van der Waals surface area contributed by atoms with Crippen molar-refractivity contribution < 1.29 is 0 Å². The van der Waals surface area contributed by atoms with E-state index in [2.05, 4.69) is 38.3 Å². The van der Waals surface area contributed by atoms with Gasteiger partial charge in [0.25, 0.3) is 5.56 Å². The van der Waals surface area contributed by atoms with Gasteiger partial charge in [-0.25, -0.2) is 10.1 Å². The van der Waals surface area contributed by atoms with Crippen molar-refractivity contribution in [3.63, 3.8) is 0 Å². The van der Waals surface area contributed by atoms with E-state index in [4.69, 9.17) is 10.7 Å². The highest BCUT2D eigenvalue weighted by molar-refractivity contribution is 7.17. The van der Waals surface area contributed by atoms with Crippen LogP contribution in [0, 0.1) is 0 Å². The molecule has 0 saturated heterocycles. The second kappa shape index (κ2) is 7.46. The number of thiophene rings is 1. The van der Waals surface area contributed by atoms with Crippen molar-refractivity contribution in [3.8, 4) is 0 Å². The van der Waals surface area contributed by atoms with Gasteiger partial charge in [-0.05, 0) is 42.5 Å². The van der Waals surface area contributed by atoms with Gasteiger partial charge in [0, 0.05) is 33.2 Å². The zero-order chi connectivity index (χ0) is 19.8. The molecule has 1 aliphatic carbocycles. The van der Waals surface area contributed by atoms with Gasteiger partial charge in [0.15, 0.2) is 0 Å². The maximum atomic E-state index is 12.5. The van der Waals surface area contributed by atoms with E-state index in [0.29, 0.717) is 17.0 Å². The van der Waals surface area contributed by atoms with Crippen LogP contribution in [0.25, 0.3) is 20.9 Å². The smallest absolute Gasteiger partial charge is 0.275 e. The molecular formula is C21H22N6OS. The van der Waals surface area contributed by atoms with Crippen LogP contribution in [0.2, 0.25) is 0 Å². The monoisotopic (exact) mass is 406 g/mol. The third-order valence-corrected chi connectivity index (χ3v) is 6.43. The van der Waals surface area contributed by atoms with Gasteiger partial charge in [0.05, 0.1) is 11.6 Å². The summed E-state index contributed by atoms with van der Waals surface area (Å²) in [5, 5.41) is 17.7. The first kappa shape index (κ1) is 18.1. The van der Waals surface area contributed by atoms with Crippen LogP contribution in [0.15, 0.2) is 46.7 Å². The lowest BCUT2D eigenvalue weighted by molar-refractivity contribution is 0.403. The van der Waals surface area contributed by atoms with Crippen molar-refractivity contribution >= 4 is 49.5 Å². The highest BCUT2D eigenvalue weighted by atomic mass is 32.1. The van der Waals surface area contributed by atoms with Gasteiger partial charge < -0.3 is 16.4 Å². The lowest BCUT2D eigenvalue weighted by Gasteiger charge is -2.30. The number of benzene rings is 1. The number of hydrogen-bond acceptors (Lipinski definition) is 7. The topological polar surface area (TPSA) is 109 Å². The number of nitrogens with zero attached hydrogens (tertiary/aromatic N) is 2. The Kier molecular flexibility index (Phi) is 4.65. The third kappa shape index (κ3) is 3.45. The molecule has 4 aromatic rings. The van der Waals surface area contributed by atoms with Crippen LogP contribution < -0.4 is 21.9 Å². The molecular weight excluding hydrogens is 384 g/mol. The minimum atomic E-state index is -0.268. The summed E-state index contributed by atoms with van der Waals surface area (Å²) in [7, 11) is 0. The van der Waals surface area contributed by atoms with Gasteiger partial charge in [-0.1, -0.05) is 18.9 Å². The number of aromatic nitrogens is 3. The molecule has 0 aliphatic heterocycles. The zero-order valence-corrected chi connectivity index (χ0v) is 16.6. The average Bonchev–Trinajstić information content (AvgIpc) is 3.20. The first-order valence-electron chi connectivity index (χ1n) is 9.83. The Morgan fingerprint density at radius 2 is 2.10 bits per heavy atom. The molecule has 1 aliphatic rings. The van der Waals surface area contributed by atoms with E-state index in [9.17, 15) is 4.79 Å². The molecule has 8 heteroatoms. The fourth-order valence-corrected chi connectivity index (χ4v) is 4.86. The zero-order valence-electron chi connectivity index (χ0n) is 15.8. The summed E-state index contributed by atoms with van der Waals surface area (Å²) >= 11 is 1.68. The molecule has 29 heavy (non-hydrogen) atoms. The van der Waals surface area contributed by atoms with Crippen molar-refractivity contribution in [1.82, 2.24) is 15.2 Å². The first-order valence-corrected chi connectivity index (χ1v) is 10.7. The van der Waals surface area contributed by atoms with E-state index in [0.717, 1.165) is 35.7 Å². The van der Waals surface area contributed by atoms with Crippen LogP contribution in [-0.2, 0) is 0 Å². The summed E-state index contributed by atoms with van der Waals surface area (Å²) in [6, 6.07) is 10.3. The Balaban J connectivity index is 1.59. The molecule has 0 radical (unpaired) electrons. The number of H-pyrrole nitrogens is 1. The second-order valence-electron chi connectivity index (χ2n) is 7.48. The van der Waals surface area contributed by atoms with Crippen molar-refractivity contribution in [2.24, 2.45) is 5.73 Å². The maximum Gasteiger partial charge on any atom is 0.275 e. The van der Waals surface area contributed by atoms with E-state index < -0.39 is 0 Å². The van der Waals surface area contributed by atoms with Crippen LogP contribution in [-0.4, -0.2) is 27.3 Å². The Bertz CT molecular complexity index is 1230. The molecule has 0 amide bonds. The maximum absolute atomic E-state index is 12.5. The first-order chi connectivity index (χ1) is 14.2. The van der Waals surface area contributed by atoms with Crippen LogP contribution in [0.4, 0.5) is 17.3 Å². The molecule has 1 aromatic carbocycles. The van der Waals surface area contributed by atoms with Gasteiger partial charge >= 0.3 is 0 Å². The summed E-state index contributed by atoms with van der Waals surface area (Å²) in [5.41, 5.74) is 6.95. The Hall–Kier alpha value is -2.97. The number of nitrogens with two attached hydrogens (primary N) is 1. The Morgan fingerprint density at radius 1 is 1.21 bits per heavy atom. The molecule has 2 atom stereocenters. The van der Waals surface area contributed by atoms with Gasteiger partial charge in [0.1, 0.15) is 11.6 Å². The number of fused-ring (bicyclic) bond motifs is 2. The molecule has 148 valence electrons. The van der Waals surface area contributed by atoms with Gasteiger partial charge in [-0.2, -0.15) is 5.10 Å². The molecule has 0 spiro atoms. The number of pyridine rings is 1. The van der Waals surface area contributed by atoms with Crippen LogP contribution in [0.5, 0.6) is 0 Å². The number of rotatable bonds is 4. The van der Waals surface area contributed by atoms with Crippen LogP contribution in [0.3, 0.4) is 0 Å². The van der Waals surface area contributed by atoms with Crippen molar-refractivity contribution in [3.05, 3.63) is 52.3 Å². The number of hydrogen-bond donors (Lipinski definition) is 4. The van der Waals surface area contributed by atoms with Gasteiger partial charge in [0.2, 0.25) is 0 Å². The number of aromatic amines is 1. The SMILES string of the molecule is NC1CCCCC1Nc1cc2cn[nH]c(=O)c2c(Nc2cccc3sccc23)n1. The second-order valence-corrected chi connectivity index (χ2v) is 8.43. The Morgan fingerprint density at radius 3 is 3.00 bits per heavy atom. The fourth-order valence-electron chi connectivity index (χ4n) is 4.05. The highest BCUT2D eigenvalue weighted by Gasteiger charge is 2.22. The third-order valence-electron chi connectivity index (χ3n) is 5.55. The van der Waals surface area contributed by atoms with E-state index in [-0.39, 0.29) is 17.6 Å². The van der Waals surface area contributed by atoms with E-state index >= 15 is 0 Å². The molecule has 3 heterocycles. The molecule has 2 unspecified atom stereocenters. The van der Waals surface area contributed by atoms with Crippen molar-refractivity contribution in [2.45, 2.75) is 37.8 Å². The summed E-state index contributed by atoms with van der Waals surface area (Å²) in [6.07, 6.45) is 6.01. The number of anilines is 3. The lowest BCUT2D eigenvalue weighted by Crippen LogP contribution is -2.42. The standard InChI is InChI=1S/C21H22N6OS/c22-14-4-1-2-5-16(14)24-18-10-12-11-23-27-21(28)19(12)20(26-18)25-15-6-3-7-17-13(15)8-9-29-17/h3,6-11,14,16H,1-2,4-5,22H2,(H,27,28)(H2,24,25,26). The summed E-state index contributed by atoms with van der Waals surface area (Å²) in [4.78, 5) is 17.3. The molecule has 3 aromatic heterocycles. The van der Waals surface area contributed by atoms with Crippen molar-refractivity contribution in [2.75, 3.05) is 10.6 Å². The van der Waals surface area contributed by atoms with E-state index in [1.165, 1.54) is 11.1 Å². The Labute approximate surface area is 171 Å². The fraction of sp³-hybridized carbons (Fsp3) is 0.286. The molecule has 0 bridgehead atoms. The summed E-state index contributed by atoms with van der Waals surface area (Å²) in [5.74, 6) is 1.21. The minimum Gasteiger partial charge on any atom is -0.366 e. The van der Waals surface area contributed by atoms with Gasteiger partial charge in [-0.3, -0.25) is 4.79 Å². The quantitative estimate of drug-likeness (QED) is 0.408. The normalized spacial score (nSPS) is 19.5. The van der Waals surface area contributed by atoms with Crippen molar-refractivity contribution in [1.29, 1.82) is 0 Å². The van der Waals surface area contributed by atoms with Gasteiger partial charge in [-0.15, -0.1) is 11.3 Å². The molecule has 1 fully saturated rings. The van der Waals surface area contributed by atoms with Crippen LogP contribution >= 0.6 is 11.3 Å². The summed E-state index contributed by atoms with van der Waals surface area (Å²) < 4.78 is 1.18.